The van der Waals surface area contributed by atoms with Crippen molar-refractivity contribution in [3.63, 3.8) is 0 Å². The second-order valence-electron chi connectivity index (χ2n) is 7.16. The fourth-order valence-corrected chi connectivity index (χ4v) is 5.71. The zero-order chi connectivity index (χ0) is 18.2. The fourth-order valence-electron chi connectivity index (χ4n) is 3.54. The Balaban J connectivity index is 1.93. The highest BCUT2D eigenvalue weighted by atomic mass is 32.2. The molecule has 7 heteroatoms. The monoisotopic (exact) mass is 366 g/mol. The highest BCUT2D eigenvalue weighted by molar-refractivity contribution is 7.89. The summed E-state index contributed by atoms with van der Waals surface area (Å²) in [7, 11) is -3.57. The number of nitrogens with zero attached hydrogens (tertiary/aromatic N) is 1. The highest BCUT2D eigenvalue weighted by Crippen LogP contribution is 2.36. The van der Waals surface area contributed by atoms with Gasteiger partial charge in [-0.3, -0.25) is 4.79 Å². The van der Waals surface area contributed by atoms with Crippen LogP contribution in [-0.2, 0) is 19.6 Å². The van der Waals surface area contributed by atoms with Gasteiger partial charge in [-0.15, -0.1) is 0 Å². The van der Waals surface area contributed by atoms with Gasteiger partial charge in [0.1, 0.15) is 0 Å². The molecule has 0 spiro atoms. The van der Waals surface area contributed by atoms with Crippen LogP contribution in [0, 0.1) is 19.8 Å². The lowest BCUT2D eigenvalue weighted by Gasteiger charge is -2.26. The molecular weight excluding hydrogens is 340 g/mol. The molecule has 1 aliphatic carbocycles. The van der Waals surface area contributed by atoms with E-state index in [1.165, 1.54) is 6.92 Å². The summed E-state index contributed by atoms with van der Waals surface area (Å²) < 4.78 is 33.8. The minimum absolute atomic E-state index is 0.111. The van der Waals surface area contributed by atoms with Gasteiger partial charge < -0.3 is 10.1 Å². The molecular formula is C18H26N2O4S. The van der Waals surface area contributed by atoms with Crippen LogP contribution in [-0.4, -0.2) is 44.4 Å². The van der Waals surface area contributed by atoms with Crippen molar-refractivity contribution in [3.05, 3.63) is 23.3 Å². The minimum atomic E-state index is -3.57. The number of carbonyl (C=O) groups is 1. The number of nitrogens with one attached hydrogen (secondary N) is 1. The molecule has 138 valence electrons. The molecule has 1 aromatic rings. The summed E-state index contributed by atoms with van der Waals surface area (Å²) in [6.45, 7) is 6.89. The molecule has 0 aromatic heterocycles. The maximum Gasteiger partial charge on any atom is 0.243 e. The summed E-state index contributed by atoms with van der Waals surface area (Å²) in [5, 5.41) is 2.72. The van der Waals surface area contributed by atoms with Crippen LogP contribution < -0.4 is 5.32 Å². The first-order valence-electron chi connectivity index (χ1n) is 8.77. The first-order chi connectivity index (χ1) is 11.8. The smallest absolute Gasteiger partial charge is 0.243 e. The molecule has 6 nitrogen and oxygen atoms in total. The third-order valence-corrected chi connectivity index (χ3v) is 6.99. The lowest BCUT2D eigenvalue weighted by atomic mass is 10.1. The van der Waals surface area contributed by atoms with E-state index >= 15 is 0 Å². The number of rotatable bonds is 6. The van der Waals surface area contributed by atoms with Crippen LogP contribution in [0.15, 0.2) is 17.0 Å². The summed E-state index contributed by atoms with van der Waals surface area (Å²) in [5.74, 6) is 0.102. The number of carbonyl (C=O) groups excluding carboxylic acids is 1. The topological polar surface area (TPSA) is 75.7 Å². The Morgan fingerprint density at radius 1 is 1.24 bits per heavy atom. The molecule has 0 bridgehead atoms. The average Bonchev–Trinajstić information content (AvgIpc) is 3.18. The minimum Gasteiger partial charge on any atom is -0.381 e. The molecule has 1 aromatic carbocycles. The van der Waals surface area contributed by atoms with Crippen LogP contribution >= 0.6 is 0 Å². The standard InChI is InChI=1S/C18H26N2O4S/c1-12-8-16(19-14(3)21)9-13(2)18(12)25(22,23)20(17-4-5-17)10-15-6-7-24-11-15/h8-9,15,17H,4-7,10-11H2,1-3H3,(H,19,21)/t15-/m0/s1. The Bertz CT molecular complexity index is 742. The first kappa shape index (κ1) is 18.4. The van der Waals surface area contributed by atoms with Crippen molar-refractivity contribution in [2.45, 2.75) is 51.0 Å². The molecule has 0 unspecified atom stereocenters. The van der Waals surface area contributed by atoms with Crippen molar-refractivity contribution in [1.29, 1.82) is 0 Å². The summed E-state index contributed by atoms with van der Waals surface area (Å²) in [6.07, 6.45) is 2.77. The lowest BCUT2D eigenvalue weighted by molar-refractivity contribution is -0.114. The summed E-state index contributed by atoms with van der Waals surface area (Å²) in [4.78, 5) is 11.6. The van der Waals surface area contributed by atoms with E-state index in [0.29, 0.717) is 41.5 Å². The van der Waals surface area contributed by atoms with Crippen molar-refractivity contribution < 1.29 is 17.9 Å². The molecule has 3 rings (SSSR count). The van der Waals surface area contributed by atoms with Gasteiger partial charge in [0.2, 0.25) is 15.9 Å². The van der Waals surface area contributed by atoms with Crippen LogP contribution in [0.4, 0.5) is 5.69 Å². The molecule has 1 amide bonds. The Morgan fingerprint density at radius 3 is 2.36 bits per heavy atom. The van der Waals surface area contributed by atoms with Crippen LogP contribution in [0.3, 0.4) is 0 Å². The van der Waals surface area contributed by atoms with E-state index in [-0.39, 0.29) is 17.9 Å². The molecule has 1 N–H and O–H groups in total. The van der Waals surface area contributed by atoms with Gasteiger partial charge in [0.05, 0.1) is 11.5 Å². The summed E-state index contributed by atoms with van der Waals surface area (Å²) in [6, 6.07) is 3.57. The van der Waals surface area contributed by atoms with E-state index < -0.39 is 10.0 Å². The van der Waals surface area contributed by atoms with Gasteiger partial charge in [0, 0.05) is 31.8 Å². The van der Waals surface area contributed by atoms with Crippen LogP contribution in [0.2, 0.25) is 0 Å². The van der Waals surface area contributed by atoms with E-state index in [9.17, 15) is 13.2 Å². The fraction of sp³-hybridized carbons (Fsp3) is 0.611. The number of benzene rings is 1. The van der Waals surface area contributed by atoms with Crippen molar-refractivity contribution >= 4 is 21.6 Å². The van der Waals surface area contributed by atoms with Crippen molar-refractivity contribution in [3.8, 4) is 0 Å². The zero-order valence-electron chi connectivity index (χ0n) is 15.0. The number of aryl methyl sites for hydroxylation is 2. The van der Waals surface area contributed by atoms with Gasteiger partial charge in [-0.1, -0.05) is 0 Å². The van der Waals surface area contributed by atoms with Crippen LogP contribution in [0.5, 0.6) is 0 Å². The predicted molar refractivity (Wildman–Crippen MR) is 96.1 cm³/mol. The maximum absolute atomic E-state index is 13.4. The summed E-state index contributed by atoms with van der Waals surface area (Å²) in [5.41, 5.74) is 1.96. The van der Waals surface area contributed by atoms with E-state index in [4.69, 9.17) is 4.74 Å². The first-order valence-corrected chi connectivity index (χ1v) is 10.2. The quantitative estimate of drug-likeness (QED) is 0.839. The number of ether oxygens (including phenoxy) is 1. The van der Waals surface area contributed by atoms with E-state index in [1.807, 2.05) is 0 Å². The largest absolute Gasteiger partial charge is 0.381 e. The Hall–Kier alpha value is -1.44. The average molecular weight is 366 g/mol. The third-order valence-electron chi connectivity index (χ3n) is 4.76. The molecule has 1 heterocycles. The molecule has 1 aliphatic heterocycles. The maximum atomic E-state index is 13.4. The SMILES string of the molecule is CC(=O)Nc1cc(C)c(S(=O)(=O)N(C[C@@H]2CCOC2)C2CC2)c(C)c1. The van der Waals surface area contributed by atoms with Gasteiger partial charge in [-0.25, -0.2) is 8.42 Å². The molecule has 2 aliphatic rings. The van der Waals surface area contributed by atoms with Gasteiger partial charge in [0.25, 0.3) is 0 Å². The molecule has 0 radical (unpaired) electrons. The number of amides is 1. The zero-order valence-corrected chi connectivity index (χ0v) is 15.9. The van der Waals surface area contributed by atoms with Crippen molar-refractivity contribution in [2.24, 2.45) is 5.92 Å². The Kier molecular flexibility index (Phi) is 5.18. The Labute approximate surface area is 149 Å². The van der Waals surface area contributed by atoms with Gasteiger partial charge >= 0.3 is 0 Å². The molecule has 1 saturated carbocycles. The number of anilines is 1. The molecule has 2 fully saturated rings. The molecule has 1 saturated heterocycles. The molecule has 25 heavy (non-hydrogen) atoms. The van der Waals surface area contributed by atoms with Gasteiger partial charge in [-0.2, -0.15) is 4.31 Å². The normalized spacial score (nSPS) is 20.9. The van der Waals surface area contributed by atoms with Gasteiger partial charge in [0.15, 0.2) is 0 Å². The van der Waals surface area contributed by atoms with Gasteiger partial charge in [-0.05, 0) is 62.3 Å². The van der Waals surface area contributed by atoms with Crippen LogP contribution in [0.1, 0.15) is 37.3 Å². The number of hydrogen-bond donors (Lipinski definition) is 1. The van der Waals surface area contributed by atoms with Crippen molar-refractivity contribution in [1.82, 2.24) is 4.31 Å². The van der Waals surface area contributed by atoms with Crippen LogP contribution in [0.25, 0.3) is 0 Å². The molecule has 1 atom stereocenters. The van der Waals surface area contributed by atoms with Crippen molar-refractivity contribution in [2.75, 3.05) is 25.1 Å². The second-order valence-corrected chi connectivity index (χ2v) is 8.98. The second kappa shape index (κ2) is 7.05. The summed E-state index contributed by atoms with van der Waals surface area (Å²) >= 11 is 0. The highest BCUT2D eigenvalue weighted by Gasteiger charge is 2.40. The van der Waals surface area contributed by atoms with E-state index in [1.54, 1.807) is 30.3 Å². The van der Waals surface area contributed by atoms with E-state index in [0.717, 1.165) is 19.3 Å². The number of hydrogen-bond acceptors (Lipinski definition) is 4. The predicted octanol–water partition coefficient (Wildman–Crippen LogP) is 2.45. The Morgan fingerprint density at radius 2 is 1.88 bits per heavy atom. The van der Waals surface area contributed by atoms with E-state index in [2.05, 4.69) is 5.32 Å². The number of sulfonamides is 1. The third kappa shape index (κ3) is 4.04. The lowest BCUT2D eigenvalue weighted by Crippen LogP contribution is -2.38.